The highest BCUT2D eigenvalue weighted by molar-refractivity contribution is 7.99. The monoisotopic (exact) mass is 279 g/mol. The summed E-state index contributed by atoms with van der Waals surface area (Å²) in [5.41, 5.74) is 0. The number of rotatable bonds is 5. The number of carboxylic acid groups (broad SMARTS) is 1. The Hall–Kier alpha value is -1.49. The zero-order valence-electron chi connectivity index (χ0n) is 10.6. The largest absolute Gasteiger partial charge is 0.480 e. The summed E-state index contributed by atoms with van der Waals surface area (Å²) in [5.74, 6) is -0.249. The molecule has 0 saturated carbocycles. The van der Waals surface area contributed by atoms with Crippen molar-refractivity contribution in [1.82, 2.24) is 4.90 Å². The first-order valence-corrected chi connectivity index (χ1v) is 7.37. The minimum atomic E-state index is -0.887. The number of hydrogen-bond acceptors (Lipinski definition) is 3. The van der Waals surface area contributed by atoms with Crippen LogP contribution in [-0.4, -0.2) is 40.2 Å². The normalized spacial score (nSPS) is 18.5. The van der Waals surface area contributed by atoms with Crippen LogP contribution < -0.4 is 0 Å². The fourth-order valence-electron chi connectivity index (χ4n) is 2.24. The topological polar surface area (TPSA) is 57.6 Å². The molecule has 1 aliphatic rings. The number of likely N-dealkylation sites (tertiary alicyclic amines) is 1. The Balaban J connectivity index is 1.80. The zero-order chi connectivity index (χ0) is 13.7. The molecule has 1 N–H and O–H groups in total. The molecule has 1 saturated heterocycles. The van der Waals surface area contributed by atoms with Crippen LogP contribution in [0.1, 0.15) is 19.3 Å². The predicted octanol–water partition coefficient (Wildman–Crippen LogP) is 2.24. The van der Waals surface area contributed by atoms with Crippen molar-refractivity contribution >= 4 is 23.6 Å². The van der Waals surface area contributed by atoms with Crippen LogP contribution in [0.4, 0.5) is 0 Å². The first-order valence-electron chi connectivity index (χ1n) is 6.38. The van der Waals surface area contributed by atoms with E-state index < -0.39 is 12.0 Å². The van der Waals surface area contributed by atoms with Crippen LogP contribution in [0.2, 0.25) is 0 Å². The van der Waals surface area contributed by atoms with E-state index in [1.165, 1.54) is 4.90 Å². The van der Waals surface area contributed by atoms with Crippen molar-refractivity contribution in [2.24, 2.45) is 0 Å². The lowest BCUT2D eigenvalue weighted by molar-refractivity contribution is -0.148. The number of benzene rings is 1. The Morgan fingerprint density at radius 3 is 2.74 bits per heavy atom. The minimum Gasteiger partial charge on any atom is -0.480 e. The van der Waals surface area contributed by atoms with Crippen LogP contribution in [0.25, 0.3) is 0 Å². The molecule has 1 aliphatic heterocycles. The fourth-order valence-corrected chi connectivity index (χ4v) is 3.10. The lowest BCUT2D eigenvalue weighted by Gasteiger charge is -2.21. The van der Waals surface area contributed by atoms with E-state index in [9.17, 15) is 9.59 Å². The van der Waals surface area contributed by atoms with Gasteiger partial charge in [0.1, 0.15) is 6.04 Å². The fraction of sp³-hybridized carbons (Fsp3) is 0.429. The van der Waals surface area contributed by atoms with Crippen LogP contribution in [0.5, 0.6) is 0 Å². The highest BCUT2D eigenvalue weighted by Gasteiger charge is 2.33. The van der Waals surface area contributed by atoms with E-state index >= 15 is 0 Å². The third-order valence-corrected chi connectivity index (χ3v) is 4.20. The molecular weight excluding hydrogens is 262 g/mol. The smallest absolute Gasteiger partial charge is 0.326 e. The Bertz CT molecular complexity index is 449. The molecule has 19 heavy (non-hydrogen) atoms. The highest BCUT2D eigenvalue weighted by Crippen LogP contribution is 2.21. The molecule has 0 aromatic heterocycles. The maximum absolute atomic E-state index is 12.0. The van der Waals surface area contributed by atoms with Crippen LogP contribution in [0.3, 0.4) is 0 Å². The number of carbonyl (C=O) groups is 2. The van der Waals surface area contributed by atoms with Gasteiger partial charge in [-0.25, -0.2) is 4.79 Å². The lowest BCUT2D eigenvalue weighted by atomic mass is 10.2. The number of carbonyl (C=O) groups excluding carboxylic acids is 1. The van der Waals surface area contributed by atoms with Gasteiger partial charge in [-0.05, 0) is 25.0 Å². The summed E-state index contributed by atoms with van der Waals surface area (Å²) in [6, 6.07) is 9.28. The van der Waals surface area contributed by atoms with Crippen LogP contribution in [0.15, 0.2) is 35.2 Å². The van der Waals surface area contributed by atoms with E-state index in [4.69, 9.17) is 5.11 Å². The van der Waals surface area contributed by atoms with Crippen LogP contribution in [-0.2, 0) is 9.59 Å². The number of carboxylic acids is 1. The number of amides is 1. The van der Waals surface area contributed by atoms with Crippen molar-refractivity contribution in [2.45, 2.75) is 30.2 Å². The molecule has 0 radical (unpaired) electrons. The van der Waals surface area contributed by atoms with Gasteiger partial charge < -0.3 is 10.0 Å². The number of hydrogen-bond donors (Lipinski definition) is 1. The van der Waals surface area contributed by atoms with Crippen molar-refractivity contribution in [3.63, 3.8) is 0 Å². The second-order valence-corrected chi connectivity index (χ2v) is 5.66. The molecule has 1 fully saturated rings. The van der Waals surface area contributed by atoms with Crippen molar-refractivity contribution in [1.29, 1.82) is 0 Å². The van der Waals surface area contributed by atoms with E-state index in [1.807, 2.05) is 30.3 Å². The third-order valence-electron chi connectivity index (χ3n) is 3.19. The summed E-state index contributed by atoms with van der Waals surface area (Å²) in [4.78, 5) is 25.7. The van der Waals surface area contributed by atoms with Gasteiger partial charge in [-0.2, -0.15) is 0 Å². The first-order chi connectivity index (χ1) is 9.18. The van der Waals surface area contributed by atoms with Gasteiger partial charge in [-0.15, -0.1) is 11.8 Å². The molecule has 1 aromatic rings. The number of nitrogens with zero attached hydrogens (tertiary/aromatic N) is 1. The van der Waals surface area contributed by atoms with Crippen molar-refractivity contribution in [3.05, 3.63) is 30.3 Å². The second kappa shape index (κ2) is 6.61. The molecular formula is C14H17NO3S. The van der Waals surface area contributed by atoms with Gasteiger partial charge in [0.2, 0.25) is 5.91 Å². The molecule has 0 unspecified atom stereocenters. The summed E-state index contributed by atoms with van der Waals surface area (Å²) in [5, 5.41) is 9.04. The van der Waals surface area contributed by atoms with Gasteiger partial charge in [0.15, 0.2) is 0 Å². The Labute approximate surface area is 116 Å². The highest BCUT2D eigenvalue weighted by atomic mass is 32.2. The van der Waals surface area contributed by atoms with E-state index in [0.717, 1.165) is 11.3 Å². The molecule has 0 bridgehead atoms. The first kappa shape index (κ1) is 13.9. The van der Waals surface area contributed by atoms with Gasteiger partial charge in [0.25, 0.3) is 0 Å². The standard InChI is InChI=1S/C14H17NO3S/c16-13(15-9-4-7-12(15)14(17)18)8-10-19-11-5-2-1-3-6-11/h1-3,5-6,12H,4,7-10H2,(H,17,18)/t12-/m0/s1. The van der Waals surface area contributed by atoms with E-state index in [2.05, 4.69) is 0 Å². The third kappa shape index (κ3) is 3.73. The average Bonchev–Trinajstić information content (AvgIpc) is 2.89. The molecule has 102 valence electrons. The summed E-state index contributed by atoms with van der Waals surface area (Å²) >= 11 is 1.62. The quantitative estimate of drug-likeness (QED) is 0.840. The minimum absolute atomic E-state index is 0.0478. The van der Waals surface area contributed by atoms with Gasteiger partial charge in [0, 0.05) is 23.6 Å². The van der Waals surface area contributed by atoms with E-state index in [0.29, 0.717) is 25.1 Å². The molecule has 0 spiro atoms. The second-order valence-electron chi connectivity index (χ2n) is 4.49. The lowest BCUT2D eigenvalue weighted by Crippen LogP contribution is -2.40. The van der Waals surface area contributed by atoms with Gasteiger partial charge in [-0.3, -0.25) is 4.79 Å². The molecule has 1 heterocycles. The number of aliphatic carboxylic acids is 1. The predicted molar refractivity (Wildman–Crippen MR) is 74.2 cm³/mol. The number of thioether (sulfide) groups is 1. The summed E-state index contributed by atoms with van der Waals surface area (Å²) in [6.07, 6.45) is 1.75. The maximum Gasteiger partial charge on any atom is 0.326 e. The molecule has 0 aliphatic carbocycles. The van der Waals surface area contributed by atoms with Gasteiger partial charge >= 0.3 is 5.97 Å². The van der Waals surface area contributed by atoms with Gasteiger partial charge in [0.05, 0.1) is 0 Å². The zero-order valence-corrected chi connectivity index (χ0v) is 11.4. The molecule has 1 atom stereocenters. The Morgan fingerprint density at radius 2 is 2.05 bits per heavy atom. The summed E-state index contributed by atoms with van der Waals surface area (Å²) in [7, 11) is 0. The van der Waals surface area contributed by atoms with Crippen molar-refractivity contribution < 1.29 is 14.7 Å². The van der Waals surface area contributed by atoms with Crippen molar-refractivity contribution in [2.75, 3.05) is 12.3 Å². The van der Waals surface area contributed by atoms with Gasteiger partial charge in [-0.1, -0.05) is 18.2 Å². The SMILES string of the molecule is O=C(O)[C@@H]1CCCN1C(=O)CCSc1ccccc1. The van der Waals surface area contributed by atoms with E-state index in [1.54, 1.807) is 11.8 Å². The summed E-state index contributed by atoms with van der Waals surface area (Å²) in [6.45, 7) is 0.575. The molecule has 2 rings (SSSR count). The average molecular weight is 279 g/mol. The van der Waals surface area contributed by atoms with Crippen LogP contribution >= 0.6 is 11.8 Å². The Morgan fingerprint density at radius 1 is 1.32 bits per heavy atom. The molecule has 4 nitrogen and oxygen atoms in total. The molecule has 1 aromatic carbocycles. The molecule has 5 heteroatoms. The van der Waals surface area contributed by atoms with Crippen molar-refractivity contribution in [3.8, 4) is 0 Å². The maximum atomic E-state index is 12.0. The summed E-state index contributed by atoms with van der Waals surface area (Å²) < 4.78 is 0. The van der Waals surface area contributed by atoms with Crippen LogP contribution in [0, 0.1) is 0 Å². The molecule has 1 amide bonds. The Kier molecular flexibility index (Phi) is 4.85. The van der Waals surface area contributed by atoms with E-state index in [-0.39, 0.29) is 5.91 Å².